The van der Waals surface area contributed by atoms with Crippen molar-refractivity contribution in [2.24, 2.45) is 0 Å². The summed E-state index contributed by atoms with van der Waals surface area (Å²) in [7, 11) is 1.55. The molecule has 0 aliphatic heterocycles. The maximum absolute atomic E-state index is 13.9. The first-order valence-corrected chi connectivity index (χ1v) is 6.45. The molecule has 2 rings (SSSR count). The van der Waals surface area contributed by atoms with E-state index in [1.54, 1.807) is 19.2 Å². The molecule has 1 aromatic rings. The first-order valence-electron chi connectivity index (χ1n) is 6.45. The zero-order valence-electron chi connectivity index (χ0n) is 10.9. The van der Waals surface area contributed by atoms with Crippen LogP contribution < -0.4 is 10.1 Å². The molecule has 98 valence electrons. The number of allylic oxidation sites excluding steroid dienone is 1. The molecule has 0 bridgehead atoms. The lowest BCUT2D eigenvalue weighted by molar-refractivity contribution is 0.402. The molecule has 0 saturated carbocycles. The van der Waals surface area contributed by atoms with Crippen molar-refractivity contribution < 1.29 is 9.13 Å². The van der Waals surface area contributed by atoms with Crippen LogP contribution in [0.15, 0.2) is 30.4 Å². The van der Waals surface area contributed by atoms with Crippen LogP contribution in [0.3, 0.4) is 0 Å². The molecular weight excluding hydrogens is 229 g/mol. The lowest BCUT2D eigenvalue weighted by atomic mass is 9.99. The van der Waals surface area contributed by atoms with Crippen molar-refractivity contribution >= 4 is 0 Å². The normalized spacial score (nSPS) is 20.7. The molecule has 1 aliphatic carbocycles. The summed E-state index contributed by atoms with van der Waals surface area (Å²) in [6.45, 7) is 2.00. The van der Waals surface area contributed by atoms with Crippen LogP contribution >= 0.6 is 0 Å². The maximum atomic E-state index is 13.9. The molecular formula is C15H20FNO. The minimum Gasteiger partial charge on any atom is -0.497 e. The van der Waals surface area contributed by atoms with E-state index in [0.29, 0.717) is 17.4 Å². The monoisotopic (exact) mass is 249 g/mol. The second-order valence-corrected chi connectivity index (χ2v) is 4.76. The minimum absolute atomic E-state index is 0.0207. The van der Waals surface area contributed by atoms with Gasteiger partial charge in [-0.05, 0) is 32.3 Å². The average Bonchev–Trinajstić information content (AvgIpc) is 2.39. The zero-order chi connectivity index (χ0) is 13.0. The minimum atomic E-state index is -0.208. The number of ether oxygens (including phenoxy) is 1. The Morgan fingerprint density at radius 2 is 2.22 bits per heavy atom. The number of hydrogen-bond donors (Lipinski definition) is 1. The third-order valence-electron chi connectivity index (χ3n) is 3.43. The molecule has 0 fully saturated rings. The Morgan fingerprint density at radius 3 is 2.83 bits per heavy atom. The second kappa shape index (κ2) is 6.01. The summed E-state index contributed by atoms with van der Waals surface area (Å²) in [6.07, 6.45) is 7.66. The summed E-state index contributed by atoms with van der Waals surface area (Å²) in [6, 6.07) is 5.51. The molecule has 0 spiro atoms. The van der Waals surface area contributed by atoms with Crippen molar-refractivity contribution in [2.75, 3.05) is 7.11 Å². The van der Waals surface area contributed by atoms with Gasteiger partial charge < -0.3 is 10.1 Å². The molecule has 1 aliphatic rings. The Morgan fingerprint density at radius 1 is 1.39 bits per heavy atom. The van der Waals surface area contributed by atoms with Gasteiger partial charge in [0.25, 0.3) is 0 Å². The van der Waals surface area contributed by atoms with Gasteiger partial charge in [-0.15, -0.1) is 0 Å². The van der Waals surface area contributed by atoms with Crippen molar-refractivity contribution in [3.8, 4) is 5.75 Å². The molecule has 1 N–H and O–H groups in total. The first kappa shape index (κ1) is 13.1. The summed E-state index contributed by atoms with van der Waals surface area (Å²) in [5.41, 5.74) is 0.699. The summed E-state index contributed by atoms with van der Waals surface area (Å²) >= 11 is 0. The van der Waals surface area contributed by atoms with E-state index >= 15 is 0 Å². The highest BCUT2D eigenvalue weighted by Gasteiger charge is 2.16. The Labute approximate surface area is 108 Å². The van der Waals surface area contributed by atoms with E-state index in [2.05, 4.69) is 17.5 Å². The van der Waals surface area contributed by atoms with Crippen LogP contribution in [0.1, 0.15) is 37.8 Å². The Kier molecular flexibility index (Phi) is 4.37. The third kappa shape index (κ3) is 3.10. The molecule has 2 unspecified atom stereocenters. The van der Waals surface area contributed by atoms with E-state index in [1.807, 2.05) is 6.92 Å². The smallest absolute Gasteiger partial charge is 0.131 e. The summed E-state index contributed by atoms with van der Waals surface area (Å²) in [4.78, 5) is 0. The number of halogens is 1. The van der Waals surface area contributed by atoms with Gasteiger partial charge in [0.1, 0.15) is 11.6 Å². The second-order valence-electron chi connectivity index (χ2n) is 4.76. The first-order chi connectivity index (χ1) is 8.70. The standard InChI is InChI=1S/C15H20FNO/c1-11(17-12-6-4-3-5-7-12)14-9-8-13(18-2)10-15(14)16/h3-4,8-12,17H,5-7H2,1-2H3. The van der Waals surface area contributed by atoms with Gasteiger partial charge in [-0.25, -0.2) is 4.39 Å². The fraction of sp³-hybridized carbons (Fsp3) is 0.467. The summed E-state index contributed by atoms with van der Waals surface area (Å²) in [5, 5.41) is 3.48. The highest BCUT2D eigenvalue weighted by atomic mass is 19.1. The van der Waals surface area contributed by atoms with Crippen LogP contribution in [0.4, 0.5) is 4.39 Å². The molecule has 0 saturated heterocycles. The largest absolute Gasteiger partial charge is 0.497 e. The van der Waals surface area contributed by atoms with Gasteiger partial charge in [0.15, 0.2) is 0 Å². The summed E-state index contributed by atoms with van der Waals surface area (Å²) < 4.78 is 18.9. The topological polar surface area (TPSA) is 21.3 Å². The number of hydrogen-bond acceptors (Lipinski definition) is 2. The maximum Gasteiger partial charge on any atom is 0.131 e. The Bertz CT molecular complexity index is 431. The van der Waals surface area contributed by atoms with Gasteiger partial charge in [0.2, 0.25) is 0 Å². The van der Waals surface area contributed by atoms with E-state index in [9.17, 15) is 4.39 Å². The van der Waals surface area contributed by atoms with Crippen molar-refractivity contribution in [1.29, 1.82) is 0 Å². The molecule has 1 aromatic carbocycles. The highest BCUT2D eigenvalue weighted by molar-refractivity contribution is 5.30. The van der Waals surface area contributed by atoms with Crippen LogP contribution in [0.5, 0.6) is 5.75 Å². The molecule has 0 heterocycles. The lowest BCUT2D eigenvalue weighted by Gasteiger charge is -2.24. The van der Waals surface area contributed by atoms with Crippen LogP contribution in [-0.2, 0) is 0 Å². The van der Waals surface area contributed by atoms with Crippen LogP contribution in [-0.4, -0.2) is 13.2 Å². The molecule has 0 amide bonds. The molecule has 2 atom stereocenters. The fourth-order valence-electron chi connectivity index (χ4n) is 2.37. The predicted octanol–water partition coefficient (Wildman–Crippen LogP) is 3.59. The van der Waals surface area contributed by atoms with E-state index in [0.717, 1.165) is 19.3 Å². The van der Waals surface area contributed by atoms with Gasteiger partial charge in [0, 0.05) is 23.7 Å². The van der Waals surface area contributed by atoms with Crippen molar-refractivity contribution in [1.82, 2.24) is 5.32 Å². The van der Waals surface area contributed by atoms with Gasteiger partial charge in [0.05, 0.1) is 7.11 Å². The zero-order valence-corrected chi connectivity index (χ0v) is 10.9. The Hall–Kier alpha value is -1.35. The van der Waals surface area contributed by atoms with Crippen molar-refractivity contribution in [3.63, 3.8) is 0 Å². The van der Waals surface area contributed by atoms with Crippen molar-refractivity contribution in [2.45, 2.75) is 38.3 Å². The van der Waals surface area contributed by atoms with Crippen LogP contribution in [0.2, 0.25) is 0 Å². The lowest BCUT2D eigenvalue weighted by Crippen LogP contribution is -2.32. The molecule has 0 radical (unpaired) electrons. The number of benzene rings is 1. The highest BCUT2D eigenvalue weighted by Crippen LogP contribution is 2.23. The quantitative estimate of drug-likeness (QED) is 0.823. The van der Waals surface area contributed by atoms with E-state index in [4.69, 9.17) is 4.74 Å². The van der Waals surface area contributed by atoms with Crippen LogP contribution in [0.25, 0.3) is 0 Å². The number of nitrogens with one attached hydrogen (secondary N) is 1. The fourth-order valence-corrected chi connectivity index (χ4v) is 2.37. The predicted molar refractivity (Wildman–Crippen MR) is 71.3 cm³/mol. The molecule has 2 nitrogen and oxygen atoms in total. The number of rotatable bonds is 4. The van der Waals surface area contributed by atoms with Crippen molar-refractivity contribution in [3.05, 3.63) is 41.7 Å². The summed E-state index contributed by atoms with van der Waals surface area (Å²) in [5.74, 6) is 0.352. The third-order valence-corrected chi connectivity index (χ3v) is 3.43. The van der Waals surface area contributed by atoms with Gasteiger partial charge in [-0.2, -0.15) is 0 Å². The average molecular weight is 249 g/mol. The molecule has 3 heteroatoms. The van der Waals surface area contributed by atoms with E-state index in [-0.39, 0.29) is 11.9 Å². The van der Waals surface area contributed by atoms with Gasteiger partial charge >= 0.3 is 0 Å². The number of methoxy groups -OCH3 is 1. The van der Waals surface area contributed by atoms with Gasteiger partial charge in [-0.1, -0.05) is 18.2 Å². The van der Waals surface area contributed by atoms with Crippen LogP contribution in [0, 0.1) is 5.82 Å². The molecule has 18 heavy (non-hydrogen) atoms. The van der Waals surface area contributed by atoms with E-state index in [1.165, 1.54) is 6.07 Å². The molecule has 0 aromatic heterocycles. The SMILES string of the molecule is COc1ccc(C(C)NC2CC=CCC2)c(F)c1. The Balaban J connectivity index is 2.03. The van der Waals surface area contributed by atoms with E-state index < -0.39 is 0 Å². The van der Waals surface area contributed by atoms with Gasteiger partial charge in [-0.3, -0.25) is 0 Å².